The van der Waals surface area contributed by atoms with E-state index in [9.17, 15) is 0 Å². The van der Waals surface area contributed by atoms with Crippen LogP contribution in [-0.4, -0.2) is 4.98 Å². The Morgan fingerprint density at radius 2 is 1.55 bits per heavy atom. The van der Waals surface area contributed by atoms with E-state index in [0.29, 0.717) is 0 Å². The van der Waals surface area contributed by atoms with Crippen molar-refractivity contribution in [1.82, 2.24) is 4.98 Å². The molecule has 0 aliphatic heterocycles. The number of hydrogen-bond donors (Lipinski definition) is 1. The molecule has 0 saturated carbocycles. The minimum Gasteiger partial charge on any atom is -0.147 e. The fourth-order valence-corrected chi connectivity index (χ4v) is 20.1. The first kappa shape index (κ1) is 22.2. The van der Waals surface area contributed by atoms with Crippen molar-refractivity contribution >= 4 is 28.2 Å². The fourth-order valence-electron chi connectivity index (χ4n) is 3.88. The van der Waals surface area contributed by atoms with E-state index in [-0.39, 0.29) is 27.9 Å². The minimum absolute atomic E-state index is 0. The Labute approximate surface area is 140 Å². The Morgan fingerprint density at radius 3 is 1.86 bits per heavy atom. The first-order chi connectivity index (χ1) is 8.49. The molecule has 4 heteroatoms. The summed E-state index contributed by atoms with van der Waals surface area (Å²) < 4.78 is 16.2. The molecule has 1 aromatic heterocycles. The van der Waals surface area contributed by atoms with Gasteiger partial charge < -0.3 is 0 Å². The van der Waals surface area contributed by atoms with Gasteiger partial charge in [-0.05, 0) is 0 Å². The summed E-state index contributed by atoms with van der Waals surface area (Å²) in [4.78, 5) is 3.63. The number of hydrogen-bond acceptors (Lipinski definition) is 0. The van der Waals surface area contributed by atoms with Gasteiger partial charge in [-0.2, -0.15) is 0 Å². The maximum absolute atomic E-state index is 4.88. The summed E-state index contributed by atoms with van der Waals surface area (Å²) in [6, 6.07) is 4.47. The summed E-state index contributed by atoms with van der Waals surface area (Å²) in [5.41, 5.74) is 0. The summed E-state index contributed by atoms with van der Waals surface area (Å²) in [6.07, 6.45) is 10.1. The maximum Gasteiger partial charge on any atom is -0.147 e. The summed E-state index contributed by atoms with van der Waals surface area (Å²) in [6.45, 7) is 7.29. The molecule has 0 amide bonds. The number of rotatable bonds is 2. The van der Waals surface area contributed by atoms with Crippen LogP contribution in [0.3, 0.4) is 0 Å². The van der Waals surface area contributed by atoms with Crippen LogP contribution in [0.25, 0.3) is 0 Å². The topological polar surface area (TPSA) is 15.8 Å². The molecule has 1 N–H and O–H groups in total. The van der Waals surface area contributed by atoms with Gasteiger partial charge in [0.2, 0.25) is 0 Å². The normalized spacial score (nSPS) is 22.1. The summed E-state index contributed by atoms with van der Waals surface area (Å²) in [7, 11) is 0. The van der Waals surface area contributed by atoms with Gasteiger partial charge in [-0.3, -0.25) is 0 Å². The molecule has 0 unspecified atom stereocenters. The molecule has 0 saturated heterocycles. The predicted octanol–water partition coefficient (Wildman–Crippen LogP) is 7.08. The average molecular weight is 428 g/mol. The van der Waals surface area contributed by atoms with Gasteiger partial charge in [-0.15, -0.1) is 24.8 Å². The smallest absolute Gasteiger partial charge is 0.147 e. The minimum atomic E-state index is -4.88. The van der Waals surface area contributed by atoms with Crippen molar-refractivity contribution in [3.05, 3.63) is 39.8 Å². The van der Waals surface area contributed by atoms with Crippen LogP contribution in [0.2, 0.25) is 26.3 Å². The number of allylic oxidation sites excluding steroid dienone is 4. The molecule has 22 heavy (non-hydrogen) atoms. The van der Waals surface area contributed by atoms with Gasteiger partial charge in [-0.25, -0.2) is 0 Å². The van der Waals surface area contributed by atoms with E-state index >= 15 is 0 Å². The number of aromatic amines is 1. The first-order valence-electron chi connectivity index (χ1n) is 7.96. The SMILES string of the molecule is C[C](C)(C)[Zr]([CH3])([CH3])([CH3])([CH3])([CH3])([C]1=CC=CC1)[c]1ccc[nH]1.Cl.Cl. The van der Waals surface area contributed by atoms with E-state index < -0.39 is 14.3 Å². The number of H-pyrrole nitrogens is 1. The molecular formula is C18H35Cl2NZr. The molecule has 0 radical (unpaired) electrons. The van der Waals surface area contributed by atoms with Crippen LogP contribution < -0.4 is 3.40 Å². The molecule has 0 spiro atoms. The molecule has 0 bridgehead atoms. The third-order valence-electron chi connectivity index (χ3n) is 9.41. The molecule has 1 nitrogen and oxygen atoms in total. The predicted molar refractivity (Wildman–Crippen MR) is 106 cm³/mol. The van der Waals surface area contributed by atoms with Crippen molar-refractivity contribution < 1.29 is 14.3 Å². The molecule has 1 heterocycles. The largest absolute Gasteiger partial charge is 0.147 e. The second kappa shape index (κ2) is 3.73. The molecule has 2 rings (SSSR count). The van der Waals surface area contributed by atoms with E-state index in [4.69, 9.17) is 0 Å². The fraction of sp³-hybridized carbons (Fsp3) is 0.556. The van der Waals surface area contributed by atoms with Crippen molar-refractivity contribution in [2.24, 2.45) is 0 Å². The third-order valence-corrected chi connectivity index (χ3v) is 50.6. The van der Waals surface area contributed by atoms with Crippen LogP contribution in [0, 0.1) is 0 Å². The van der Waals surface area contributed by atoms with E-state index in [0.717, 1.165) is 6.42 Å². The molecule has 1 aliphatic carbocycles. The molecule has 0 fully saturated rings. The summed E-state index contributed by atoms with van der Waals surface area (Å²) in [5.74, 6) is 0. The van der Waals surface area contributed by atoms with Gasteiger partial charge >= 0.3 is 116 Å². The van der Waals surface area contributed by atoms with E-state index in [1.54, 1.807) is 3.28 Å². The van der Waals surface area contributed by atoms with Crippen LogP contribution in [0.1, 0.15) is 27.2 Å². The van der Waals surface area contributed by atoms with Gasteiger partial charge in [0.1, 0.15) is 0 Å². The first-order valence-corrected chi connectivity index (χ1v) is 23.9. The second-order valence-corrected chi connectivity index (χ2v) is 65.2. The molecule has 1 aromatic rings. The Kier molecular flexibility index (Phi) is 3.77. The van der Waals surface area contributed by atoms with Crippen molar-refractivity contribution in [2.45, 2.75) is 53.5 Å². The second-order valence-electron chi connectivity index (χ2n) is 13.8. The van der Waals surface area contributed by atoms with E-state index in [1.165, 1.54) is 3.40 Å². The van der Waals surface area contributed by atoms with Gasteiger partial charge in [0.15, 0.2) is 0 Å². The molecule has 0 atom stereocenters. The number of nitrogens with one attached hydrogen (secondary N) is 1. The number of aromatic nitrogens is 1. The van der Waals surface area contributed by atoms with E-state index in [2.05, 4.69) is 85.5 Å². The molecule has 1 aliphatic rings. The van der Waals surface area contributed by atoms with Crippen LogP contribution in [0.15, 0.2) is 39.8 Å². The Morgan fingerprint density at radius 1 is 1.00 bits per heavy atom. The summed E-state index contributed by atoms with van der Waals surface area (Å²) in [5, 5.41) is 0. The van der Waals surface area contributed by atoms with Crippen molar-refractivity contribution in [3.8, 4) is 0 Å². The average Bonchev–Trinajstić information content (AvgIpc) is 2.90. The van der Waals surface area contributed by atoms with Crippen LogP contribution in [0.4, 0.5) is 0 Å². The molecule has 0 aromatic carbocycles. The summed E-state index contributed by atoms with van der Waals surface area (Å²) >= 11 is -4.88. The van der Waals surface area contributed by atoms with Gasteiger partial charge in [0.05, 0.1) is 0 Å². The number of halogens is 2. The van der Waals surface area contributed by atoms with Crippen molar-refractivity contribution in [3.63, 3.8) is 0 Å². The Bertz CT molecular complexity index is 678. The standard InChI is InChI=1S/C5H5.C4H4N.C4H9.5CH3.2ClH.Zr/c2*1-2-4-5-3-1;1-4(2)3;;;;;;;;/h1-3H,4H2;1-3,5H;1-3H3;5*1H3;2*1H;. The van der Waals surface area contributed by atoms with Crippen LogP contribution in [0.5, 0.6) is 0 Å². The molecule has 130 valence electrons. The maximum atomic E-state index is 3.63. The third kappa shape index (κ3) is 1.87. The molecular weight excluding hydrogens is 392 g/mol. The zero-order valence-electron chi connectivity index (χ0n) is 15.5. The van der Waals surface area contributed by atoms with Gasteiger partial charge in [0.25, 0.3) is 0 Å². The monoisotopic (exact) mass is 425 g/mol. The van der Waals surface area contributed by atoms with Crippen LogP contribution in [-0.2, 0) is 14.3 Å². The van der Waals surface area contributed by atoms with E-state index in [1.807, 2.05) is 0 Å². The van der Waals surface area contributed by atoms with Gasteiger partial charge in [0, 0.05) is 0 Å². The van der Waals surface area contributed by atoms with Crippen molar-refractivity contribution in [2.75, 3.05) is 0 Å². The zero-order valence-corrected chi connectivity index (χ0v) is 19.6. The van der Waals surface area contributed by atoms with Crippen molar-refractivity contribution in [1.29, 1.82) is 0 Å². The Balaban J connectivity index is 0.00000220. The Hall–Kier alpha value is 0.223. The zero-order chi connectivity index (χ0) is 15.7. The van der Waals surface area contributed by atoms with Crippen LogP contribution >= 0.6 is 24.8 Å². The quantitative estimate of drug-likeness (QED) is 0.519. The van der Waals surface area contributed by atoms with Gasteiger partial charge in [-0.1, -0.05) is 0 Å².